The Balaban J connectivity index is 1.70. The summed E-state index contributed by atoms with van der Waals surface area (Å²) in [6.45, 7) is 0. The van der Waals surface area contributed by atoms with Gasteiger partial charge < -0.3 is 10.1 Å². The molecule has 0 radical (unpaired) electrons. The van der Waals surface area contributed by atoms with Crippen molar-refractivity contribution in [2.45, 2.75) is 0 Å². The van der Waals surface area contributed by atoms with Crippen molar-refractivity contribution in [3.8, 4) is 5.88 Å². The van der Waals surface area contributed by atoms with Crippen molar-refractivity contribution in [3.05, 3.63) is 54.6 Å². The summed E-state index contributed by atoms with van der Waals surface area (Å²) in [6.07, 6.45) is 0. The highest BCUT2D eigenvalue weighted by Crippen LogP contribution is 2.35. The standard InChI is InChI=1S/C15H13N5OS/c21-14-13(11-8-4-5-9-12(11)16-14)18-20-15(22)19-17-10-6-2-1-3-7-10/h1-9,16-17,21H,(H,19,22). The molecule has 0 saturated carbocycles. The predicted molar refractivity (Wildman–Crippen MR) is 90.3 cm³/mol. The topological polar surface area (TPSA) is 84.8 Å². The molecule has 0 aliphatic heterocycles. The van der Waals surface area contributed by atoms with E-state index in [2.05, 4.69) is 26.1 Å². The van der Waals surface area contributed by atoms with Gasteiger partial charge in [-0.25, -0.2) is 0 Å². The SMILES string of the molecule is Oc1[nH]c2ccccc2c1N=NC(=S)NNc1ccccc1. The highest BCUT2D eigenvalue weighted by molar-refractivity contribution is 7.80. The molecular formula is C15H13N5OS. The molecule has 22 heavy (non-hydrogen) atoms. The molecule has 1 aromatic heterocycles. The molecule has 0 atom stereocenters. The monoisotopic (exact) mass is 311 g/mol. The normalized spacial score (nSPS) is 10.9. The number of H-pyrrole nitrogens is 1. The Labute approximate surface area is 131 Å². The summed E-state index contributed by atoms with van der Waals surface area (Å²) >= 11 is 5.07. The minimum atomic E-state index is -0.0382. The van der Waals surface area contributed by atoms with E-state index in [9.17, 15) is 5.11 Å². The summed E-state index contributed by atoms with van der Waals surface area (Å²) < 4.78 is 0. The van der Waals surface area contributed by atoms with Crippen LogP contribution in [0.2, 0.25) is 0 Å². The second-order valence-corrected chi connectivity index (χ2v) is 4.88. The van der Waals surface area contributed by atoms with Crippen molar-refractivity contribution in [2.75, 3.05) is 5.43 Å². The lowest BCUT2D eigenvalue weighted by molar-refractivity contribution is 0.459. The minimum absolute atomic E-state index is 0.0382. The van der Waals surface area contributed by atoms with Crippen molar-refractivity contribution in [2.24, 2.45) is 10.2 Å². The highest BCUT2D eigenvalue weighted by atomic mass is 32.1. The fourth-order valence-corrected chi connectivity index (χ4v) is 2.07. The first-order valence-electron chi connectivity index (χ1n) is 6.56. The Morgan fingerprint density at radius 1 is 1.05 bits per heavy atom. The lowest BCUT2D eigenvalue weighted by Crippen LogP contribution is -2.25. The molecule has 0 fully saturated rings. The lowest BCUT2D eigenvalue weighted by Gasteiger charge is -2.06. The molecule has 110 valence electrons. The molecule has 0 bridgehead atoms. The van der Waals surface area contributed by atoms with Gasteiger partial charge in [0.15, 0.2) is 5.69 Å². The van der Waals surface area contributed by atoms with Crippen molar-refractivity contribution < 1.29 is 5.11 Å². The fraction of sp³-hybridized carbons (Fsp3) is 0. The maximum absolute atomic E-state index is 9.87. The first-order chi connectivity index (χ1) is 10.7. The van der Waals surface area contributed by atoms with E-state index < -0.39 is 0 Å². The number of hydrogen-bond donors (Lipinski definition) is 4. The van der Waals surface area contributed by atoms with Crippen LogP contribution in [0, 0.1) is 0 Å². The van der Waals surface area contributed by atoms with Crippen LogP contribution in [-0.4, -0.2) is 15.2 Å². The number of fused-ring (bicyclic) bond motifs is 1. The summed E-state index contributed by atoms with van der Waals surface area (Å²) in [6, 6.07) is 16.9. The van der Waals surface area contributed by atoms with Crippen molar-refractivity contribution in [1.29, 1.82) is 0 Å². The Hall–Kier alpha value is -2.93. The van der Waals surface area contributed by atoms with Gasteiger partial charge in [-0.15, -0.1) is 10.2 Å². The maximum Gasteiger partial charge on any atom is 0.232 e. The zero-order chi connectivity index (χ0) is 15.4. The number of aromatic amines is 1. The third kappa shape index (κ3) is 3.04. The number of benzene rings is 2. The molecule has 0 spiro atoms. The molecule has 0 aliphatic rings. The Kier molecular flexibility index (Phi) is 3.97. The second kappa shape index (κ2) is 6.23. The van der Waals surface area contributed by atoms with Crippen LogP contribution in [0.15, 0.2) is 64.8 Å². The number of nitrogens with zero attached hydrogens (tertiary/aromatic N) is 2. The predicted octanol–water partition coefficient (Wildman–Crippen LogP) is 3.86. The van der Waals surface area contributed by atoms with Gasteiger partial charge in [0.25, 0.3) is 0 Å². The second-order valence-electron chi connectivity index (χ2n) is 4.49. The van der Waals surface area contributed by atoms with Crippen molar-refractivity contribution in [1.82, 2.24) is 10.4 Å². The minimum Gasteiger partial charge on any atom is -0.493 e. The molecule has 0 amide bonds. The summed E-state index contributed by atoms with van der Waals surface area (Å²) in [5, 5.41) is 18.7. The Morgan fingerprint density at radius 2 is 1.77 bits per heavy atom. The number of nitrogens with one attached hydrogen (secondary N) is 3. The van der Waals surface area contributed by atoms with E-state index in [1.807, 2.05) is 54.6 Å². The summed E-state index contributed by atoms with van der Waals surface area (Å²) in [5.41, 5.74) is 7.67. The number of anilines is 1. The van der Waals surface area contributed by atoms with Crippen LogP contribution in [0.5, 0.6) is 5.88 Å². The first-order valence-corrected chi connectivity index (χ1v) is 6.97. The largest absolute Gasteiger partial charge is 0.493 e. The third-order valence-corrected chi connectivity index (χ3v) is 3.17. The summed E-state index contributed by atoms with van der Waals surface area (Å²) in [7, 11) is 0. The average Bonchev–Trinajstić information content (AvgIpc) is 2.87. The van der Waals surface area contributed by atoms with Gasteiger partial charge in [-0.2, -0.15) is 0 Å². The number of azo groups is 1. The number of hydrazine groups is 1. The van der Waals surface area contributed by atoms with Gasteiger partial charge in [0, 0.05) is 5.39 Å². The Bertz CT molecular complexity index is 828. The summed E-state index contributed by atoms with van der Waals surface area (Å²) in [5.74, 6) is -0.0382. The molecule has 2 aromatic carbocycles. The van der Waals surface area contributed by atoms with Gasteiger partial charge in [0.2, 0.25) is 11.0 Å². The van der Waals surface area contributed by atoms with E-state index in [0.717, 1.165) is 16.6 Å². The van der Waals surface area contributed by atoms with Gasteiger partial charge in [-0.05, 0) is 30.4 Å². The molecule has 0 unspecified atom stereocenters. The van der Waals surface area contributed by atoms with Crippen LogP contribution in [0.1, 0.15) is 0 Å². The van der Waals surface area contributed by atoms with Gasteiger partial charge in [-0.3, -0.25) is 10.9 Å². The molecule has 4 N–H and O–H groups in total. The maximum atomic E-state index is 9.87. The highest BCUT2D eigenvalue weighted by Gasteiger charge is 2.09. The number of hydrogen-bond acceptors (Lipinski definition) is 4. The smallest absolute Gasteiger partial charge is 0.232 e. The van der Waals surface area contributed by atoms with Crippen LogP contribution in [0.4, 0.5) is 11.4 Å². The number of para-hydroxylation sites is 2. The number of thiocarbonyl (C=S) groups is 1. The van der Waals surface area contributed by atoms with Gasteiger partial charge in [0.05, 0.1) is 11.2 Å². The molecule has 1 heterocycles. The third-order valence-electron chi connectivity index (χ3n) is 2.99. The summed E-state index contributed by atoms with van der Waals surface area (Å²) in [4.78, 5) is 2.83. The van der Waals surface area contributed by atoms with Gasteiger partial charge in [0.1, 0.15) is 0 Å². The molecule has 6 nitrogen and oxygen atoms in total. The average molecular weight is 311 g/mol. The van der Waals surface area contributed by atoms with Gasteiger partial charge in [-0.1, -0.05) is 36.4 Å². The van der Waals surface area contributed by atoms with Crippen molar-refractivity contribution >= 4 is 39.6 Å². The van der Waals surface area contributed by atoms with Crippen LogP contribution >= 0.6 is 12.2 Å². The van der Waals surface area contributed by atoms with Crippen LogP contribution in [-0.2, 0) is 0 Å². The number of rotatable bonds is 3. The molecule has 3 rings (SSSR count). The molecule has 0 saturated heterocycles. The lowest BCUT2D eigenvalue weighted by atomic mass is 10.2. The number of aromatic nitrogens is 1. The molecular weight excluding hydrogens is 298 g/mol. The molecule has 7 heteroatoms. The van der Waals surface area contributed by atoms with E-state index in [1.54, 1.807) is 0 Å². The fourth-order valence-electron chi connectivity index (χ4n) is 1.98. The van der Waals surface area contributed by atoms with E-state index in [0.29, 0.717) is 5.69 Å². The van der Waals surface area contributed by atoms with E-state index in [1.165, 1.54) is 0 Å². The van der Waals surface area contributed by atoms with Crippen LogP contribution in [0.25, 0.3) is 10.9 Å². The molecule has 0 aliphatic carbocycles. The van der Waals surface area contributed by atoms with Crippen LogP contribution < -0.4 is 10.9 Å². The van der Waals surface area contributed by atoms with E-state index >= 15 is 0 Å². The van der Waals surface area contributed by atoms with Crippen molar-refractivity contribution in [3.63, 3.8) is 0 Å². The zero-order valence-electron chi connectivity index (χ0n) is 11.4. The Morgan fingerprint density at radius 3 is 2.59 bits per heavy atom. The number of aromatic hydroxyl groups is 1. The zero-order valence-corrected chi connectivity index (χ0v) is 12.3. The van der Waals surface area contributed by atoms with Crippen LogP contribution in [0.3, 0.4) is 0 Å². The van der Waals surface area contributed by atoms with Gasteiger partial charge >= 0.3 is 0 Å². The van der Waals surface area contributed by atoms with E-state index in [4.69, 9.17) is 12.2 Å². The quantitative estimate of drug-likeness (QED) is 0.336. The van der Waals surface area contributed by atoms with E-state index in [-0.39, 0.29) is 11.0 Å². The first kappa shape index (κ1) is 14.0. The molecule has 3 aromatic rings.